The largest absolute Gasteiger partial charge is 0.312 e. The van der Waals surface area contributed by atoms with E-state index in [2.05, 4.69) is 268 Å². The van der Waals surface area contributed by atoms with Gasteiger partial charge in [-0.3, -0.25) is 0 Å². The first-order valence-electron chi connectivity index (χ1n) is 22.4. The molecule has 316 valence electrons. The lowest BCUT2D eigenvalue weighted by atomic mass is 10.1. The van der Waals surface area contributed by atoms with E-state index < -0.39 is 0 Å². The summed E-state index contributed by atoms with van der Waals surface area (Å²) in [5.41, 5.74) is 15.9. The minimum absolute atomic E-state index is 0.655. The van der Waals surface area contributed by atoms with Crippen molar-refractivity contribution in [3.63, 3.8) is 0 Å². The van der Waals surface area contributed by atoms with E-state index in [0.29, 0.717) is 5.02 Å². The lowest BCUT2D eigenvalue weighted by Crippen LogP contribution is -2.10. The Hall–Kier alpha value is -8.25. The zero-order valence-corrected chi connectivity index (χ0v) is 37.3. The fourth-order valence-electron chi connectivity index (χ4n) is 10.1. The van der Waals surface area contributed by atoms with Gasteiger partial charge in [-0.15, -0.1) is 0 Å². The number of nitrogens with zero attached hydrogens (tertiary/aromatic N) is 5. The third-order valence-electron chi connectivity index (χ3n) is 12.9. The summed E-state index contributed by atoms with van der Waals surface area (Å²) in [6.07, 6.45) is 0. The number of hydrogen-bond donors (Lipinski definition) is 0. The Morgan fingerprint density at radius 1 is 0.318 bits per heavy atom. The molecule has 0 aliphatic rings. The number of rotatable bonds is 9. The van der Waals surface area contributed by atoms with Crippen LogP contribution in [0.1, 0.15) is 11.4 Å². The molecule has 66 heavy (non-hydrogen) atoms. The minimum atomic E-state index is 0.655. The van der Waals surface area contributed by atoms with Crippen molar-refractivity contribution >= 4 is 89.3 Å². The molecule has 0 radical (unpaired) electrons. The van der Waals surface area contributed by atoms with Gasteiger partial charge in [-0.25, -0.2) is 0 Å². The van der Waals surface area contributed by atoms with Crippen molar-refractivity contribution in [1.29, 1.82) is 0 Å². The Balaban J connectivity index is 1.13. The molecule has 0 amide bonds. The zero-order chi connectivity index (χ0) is 44.3. The molecule has 5 nitrogen and oxygen atoms in total. The highest BCUT2D eigenvalue weighted by molar-refractivity contribution is 6.34. The third-order valence-corrected chi connectivity index (χ3v) is 13.3. The van der Waals surface area contributed by atoms with E-state index in [1.54, 1.807) is 0 Å². The van der Waals surface area contributed by atoms with E-state index in [1.807, 2.05) is 0 Å². The van der Waals surface area contributed by atoms with Gasteiger partial charge < -0.3 is 23.5 Å². The van der Waals surface area contributed by atoms with E-state index >= 15 is 0 Å². The Kier molecular flexibility index (Phi) is 9.58. The Morgan fingerprint density at radius 2 is 0.636 bits per heavy atom. The van der Waals surface area contributed by atoms with Gasteiger partial charge in [0.15, 0.2) is 0 Å². The first-order valence-corrected chi connectivity index (χ1v) is 22.8. The summed E-state index contributed by atoms with van der Waals surface area (Å²) in [5, 5.41) is 5.31. The molecule has 0 aliphatic heterocycles. The fourth-order valence-corrected chi connectivity index (χ4v) is 10.4. The average molecular weight is 870 g/mol. The molecule has 0 bridgehead atoms. The number of benzene rings is 9. The van der Waals surface area contributed by atoms with E-state index in [4.69, 9.17) is 11.6 Å². The van der Waals surface area contributed by atoms with Crippen molar-refractivity contribution in [2.45, 2.75) is 13.8 Å². The monoisotopic (exact) mass is 869 g/mol. The number of para-hydroxylation sites is 6. The maximum atomic E-state index is 8.02. The van der Waals surface area contributed by atoms with Crippen molar-refractivity contribution in [2.24, 2.45) is 0 Å². The molecule has 0 N–H and O–H groups in total. The van der Waals surface area contributed by atoms with Crippen LogP contribution in [0.15, 0.2) is 231 Å². The second-order valence-corrected chi connectivity index (χ2v) is 17.2. The van der Waals surface area contributed by atoms with Gasteiger partial charge in [-0.1, -0.05) is 133 Å². The maximum absolute atomic E-state index is 8.02. The van der Waals surface area contributed by atoms with Gasteiger partial charge in [-0.2, -0.15) is 0 Å². The highest BCUT2D eigenvalue weighted by atomic mass is 35.5. The molecule has 12 rings (SSSR count). The molecule has 0 atom stereocenters. The molecule has 0 saturated carbocycles. The quantitative estimate of drug-likeness (QED) is 0.144. The number of aryl methyl sites for hydroxylation is 2. The number of hydrogen-bond acceptors (Lipinski definition) is 2. The maximum Gasteiger partial charge on any atom is 0.0888 e. The van der Waals surface area contributed by atoms with E-state index in [1.165, 1.54) is 10.8 Å². The van der Waals surface area contributed by atoms with Crippen LogP contribution in [0.3, 0.4) is 0 Å². The molecule has 0 saturated heterocycles. The Morgan fingerprint density at radius 3 is 1.02 bits per heavy atom. The van der Waals surface area contributed by atoms with Crippen LogP contribution in [0, 0.1) is 13.8 Å². The summed E-state index contributed by atoms with van der Waals surface area (Å²) in [7, 11) is 0. The molecule has 6 heteroatoms. The normalized spacial score (nSPS) is 11.6. The molecule has 3 heterocycles. The predicted molar refractivity (Wildman–Crippen MR) is 278 cm³/mol. The van der Waals surface area contributed by atoms with E-state index in [9.17, 15) is 0 Å². The lowest BCUT2D eigenvalue weighted by Gasteiger charge is -2.26. The molecular weight excluding hydrogens is 826 g/mol. The van der Waals surface area contributed by atoms with Gasteiger partial charge in [-0.05, 0) is 123 Å². The van der Waals surface area contributed by atoms with Crippen LogP contribution in [-0.4, -0.2) is 13.7 Å². The van der Waals surface area contributed by atoms with Gasteiger partial charge in [0, 0.05) is 55.7 Å². The summed E-state index contributed by atoms with van der Waals surface area (Å²) >= 11 is 8.02. The average Bonchev–Trinajstić information content (AvgIpc) is 4.01. The fraction of sp³-hybridized carbons (Fsp3) is 0.0333. The summed E-state index contributed by atoms with van der Waals surface area (Å²) in [6.45, 7) is 4.37. The van der Waals surface area contributed by atoms with Gasteiger partial charge in [0.25, 0.3) is 0 Å². The topological polar surface area (TPSA) is 21.3 Å². The summed E-state index contributed by atoms with van der Waals surface area (Å²) < 4.78 is 7.08. The van der Waals surface area contributed by atoms with Crippen LogP contribution >= 0.6 is 11.6 Å². The number of halogens is 1. The van der Waals surface area contributed by atoms with Crippen LogP contribution < -0.4 is 9.80 Å². The van der Waals surface area contributed by atoms with Gasteiger partial charge in [0.2, 0.25) is 0 Å². The second kappa shape index (κ2) is 16.1. The van der Waals surface area contributed by atoms with E-state index in [0.717, 1.165) is 95.4 Å². The summed E-state index contributed by atoms with van der Waals surface area (Å²) in [6, 6.07) is 82.1. The van der Waals surface area contributed by atoms with Crippen LogP contribution in [-0.2, 0) is 0 Å². The van der Waals surface area contributed by atoms with Crippen molar-refractivity contribution in [3.8, 4) is 17.1 Å². The standard InChI is InChI=1S/C60H44ClN5/c1-41-37-50-54(33-19-35-56(50)64(43-21-7-3-8-22-43)44-23-9-4-10-24-44)62(41)58-39-47(66-52-31-17-15-29-48(52)49-30-16-18-32-53(49)66)40-59(60(58)61)63-42(2)38-51-55(63)34-20-36-57(51)65(45-25-11-5-12-26-45)46-27-13-6-14-28-46/h3-40H,1-2H3. The number of anilines is 6. The molecule has 9 aromatic carbocycles. The SMILES string of the molecule is Cc1cc2c(N(c3ccccc3)c3ccccc3)cccc2n1-c1cc(-n2c3ccccc3c3ccccc32)cc(-n2c(C)cc3c(N(c4ccccc4)c4ccccc4)cccc32)c1Cl. The van der Waals surface area contributed by atoms with Gasteiger partial charge in [0.1, 0.15) is 0 Å². The van der Waals surface area contributed by atoms with Crippen molar-refractivity contribution in [2.75, 3.05) is 9.80 Å². The lowest BCUT2D eigenvalue weighted by molar-refractivity contribution is 1.01. The summed E-state index contributed by atoms with van der Waals surface area (Å²) in [5.74, 6) is 0. The molecular formula is C60H44ClN5. The highest BCUT2D eigenvalue weighted by Gasteiger charge is 2.25. The first kappa shape index (κ1) is 39.3. The van der Waals surface area contributed by atoms with Crippen LogP contribution in [0.2, 0.25) is 5.02 Å². The Bertz CT molecular complexity index is 3420. The number of aromatic nitrogens is 3. The second-order valence-electron chi connectivity index (χ2n) is 16.8. The number of fused-ring (bicyclic) bond motifs is 5. The predicted octanol–water partition coefficient (Wildman–Crippen LogP) is 16.9. The molecule has 0 aliphatic carbocycles. The molecule has 12 aromatic rings. The van der Waals surface area contributed by atoms with E-state index in [-0.39, 0.29) is 0 Å². The zero-order valence-electron chi connectivity index (χ0n) is 36.6. The van der Waals surface area contributed by atoms with Crippen LogP contribution in [0.5, 0.6) is 0 Å². The van der Waals surface area contributed by atoms with Gasteiger partial charge >= 0.3 is 0 Å². The summed E-state index contributed by atoms with van der Waals surface area (Å²) in [4.78, 5) is 4.68. The third kappa shape index (κ3) is 6.39. The van der Waals surface area contributed by atoms with Crippen molar-refractivity contribution < 1.29 is 0 Å². The van der Waals surface area contributed by atoms with Gasteiger partial charge in [0.05, 0.1) is 55.5 Å². The molecule has 3 aromatic heterocycles. The van der Waals surface area contributed by atoms with Crippen molar-refractivity contribution in [3.05, 3.63) is 247 Å². The minimum Gasteiger partial charge on any atom is -0.312 e. The van der Waals surface area contributed by atoms with Crippen LogP contribution in [0.25, 0.3) is 60.7 Å². The molecule has 0 unspecified atom stereocenters. The first-order chi connectivity index (χ1) is 32.5. The molecule has 0 fully saturated rings. The highest BCUT2D eigenvalue weighted by Crippen LogP contribution is 2.45. The molecule has 0 spiro atoms. The van der Waals surface area contributed by atoms with Crippen LogP contribution in [0.4, 0.5) is 34.1 Å². The van der Waals surface area contributed by atoms with Crippen molar-refractivity contribution in [1.82, 2.24) is 13.7 Å². The Labute approximate surface area is 388 Å². The smallest absolute Gasteiger partial charge is 0.0888 e.